The summed E-state index contributed by atoms with van der Waals surface area (Å²) in [6, 6.07) is 64.1. The summed E-state index contributed by atoms with van der Waals surface area (Å²) in [5.41, 5.74) is 12.8. The standard InChI is InChI=1S/C48H35NOSi/c1-51(2)45-27-25-40(31-42(45)48-46(51)28-26-44-47(48)41-17-8-9-18-43(41)50-44)49(39-16-10-15-36(30-39)32-11-4-3-5-12-32)38-23-21-34(22-24-38)37-20-19-33-13-6-7-14-35(33)29-37/h3-31H,1-2H3. The van der Waals surface area contributed by atoms with Crippen molar-refractivity contribution in [2.75, 3.05) is 4.90 Å². The van der Waals surface area contributed by atoms with Crippen molar-refractivity contribution in [3.8, 4) is 33.4 Å². The third kappa shape index (κ3) is 4.77. The summed E-state index contributed by atoms with van der Waals surface area (Å²) in [5, 5.41) is 7.88. The Morgan fingerprint density at radius 3 is 1.94 bits per heavy atom. The van der Waals surface area contributed by atoms with Crippen LogP contribution in [-0.2, 0) is 0 Å². The molecule has 0 bridgehead atoms. The molecule has 1 aliphatic rings. The van der Waals surface area contributed by atoms with Crippen LogP contribution in [0.2, 0.25) is 13.1 Å². The number of hydrogen-bond acceptors (Lipinski definition) is 2. The second-order valence-corrected chi connectivity index (χ2v) is 18.5. The molecule has 0 aliphatic carbocycles. The average Bonchev–Trinajstić information content (AvgIpc) is 3.67. The topological polar surface area (TPSA) is 16.4 Å². The quantitative estimate of drug-likeness (QED) is 0.170. The smallest absolute Gasteiger partial charge is 0.136 e. The van der Waals surface area contributed by atoms with Gasteiger partial charge >= 0.3 is 0 Å². The van der Waals surface area contributed by atoms with E-state index in [0.717, 1.165) is 28.2 Å². The molecule has 1 aliphatic heterocycles. The van der Waals surface area contributed by atoms with Gasteiger partial charge in [-0.05, 0) is 109 Å². The van der Waals surface area contributed by atoms with Crippen LogP contribution in [0.25, 0.3) is 66.1 Å². The highest BCUT2D eigenvalue weighted by molar-refractivity contribution is 7.04. The molecule has 0 unspecified atom stereocenters. The highest BCUT2D eigenvalue weighted by atomic mass is 28.3. The van der Waals surface area contributed by atoms with E-state index in [1.165, 1.54) is 65.3 Å². The number of benzene rings is 8. The van der Waals surface area contributed by atoms with Crippen LogP contribution in [0, 0.1) is 0 Å². The zero-order valence-corrected chi connectivity index (χ0v) is 29.6. The molecule has 0 saturated heterocycles. The number of hydrogen-bond donors (Lipinski definition) is 0. The van der Waals surface area contributed by atoms with Crippen LogP contribution in [0.5, 0.6) is 0 Å². The molecule has 0 N–H and O–H groups in total. The van der Waals surface area contributed by atoms with Gasteiger partial charge in [-0.1, -0.05) is 134 Å². The largest absolute Gasteiger partial charge is 0.456 e. The molecule has 0 atom stereocenters. The van der Waals surface area contributed by atoms with E-state index >= 15 is 0 Å². The van der Waals surface area contributed by atoms with Crippen molar-refractivity contribution in [2.45, 2.75) is 13.1 Å². The van der Waals surface area contributed by atoms with E-state index in [9.17, 15) is 0 Å². The van der Waals surface area contributed by atoms with Gasteiger partial charge in [0.15, 0.2) is 0 Å². The molecule has 1 aromatic heterocycles. The molecule has 2 nitrogen and oxygen atoms in total. The van der Waals surface area contributed by atoms with Crippen LogP contribution < -0.4 is 15.3 Å². The SMILES string of the molecule is C[Si]1(C)c2ccc(N(c3ccc(-c4ccc5ccccc5c4)cc3)c3cccc(-c4ccccc4)c3)cc2-c2c1ccc1oc3ccccc3c21. The van der Waals surface area contributed by atoms with Gasteiger partial charge in [-0.25, -0.2) is 0 Å². The first kappa shape index (κ1) is 29.7. The molecule has 0 amide bonds. The van der Waals surface area contributed by atoms with Gasteiger partial charge in [-0.2, -0.15) is 0 Å². The summed E-state index contributed by atoms with van der Waals surface area (Å²) >= 11 is 0. The van der Waals surface area contributed by atoms with Gasteiger partial charge in [0, 0.05) is 27.8 Å². The molecule has 51 heavy (non-hydrogen) atoms. The Balaban J connectivity index is 1.16. The van der Waals surface area contributed by atoms with Crippen LogP contribution in [0.4, 0.5) is 17.1 Å². The predicted octanol–water partition coefficient (Wildman–Crippen LogP) is 12.3. The Morgan fingerprint density at radius 1 is 0.431 bits per heavy atom. The van der Waals surface area contributed by atoms with Crippen LogP contribution in [0.1, 0.15) is 0 Å². The minimum atomic E-state index is -1.95. The summed E-state index contributed by atoms with van der Waals surface area (Å²) in [5.74, 6) is 0. The van der Waals surface area contributed by atoms with Crippen molar-refractivity contribution < 1.29 is 4.42 Å². The lowest BCUT2D eigenvalue weighted by Gasteiger charge is -2.27. The molecule has 2 heterocycles. The number of fused-ring (bicyclic) bond motifs is 8. The van der Waals surface area contributed by atoms with Crippen molar-refractivity contribution in [1.29, 1.82) is 0 Å². The maximum atomic E-state index is 6.41. The van der Waals surface area contributed by atoms with Gasteiger partial charge in [0.25, 0.3) is 0 Å². The van der Waals surface area contributed by atoms with Crippen LogP contribution in [-0.4, -0.2) is 8.07 Å². The minimum Gasteiger partial charge on any atom is -0.456 e. The predicted molar refractivity (Wildman–Crippen MR) is 219 cm³/mol. The van der Waals surface area contributed by atoms with E-state index in [1.54, 1.807) is 0 Å². The summed E-state index contributed by atoms with van der Waals surface area (Å²) in [6.45, 7) is 4.97. The zero-order chi connectivity index (χ0) is 34.1. The second kappa shape index (κ2) is 11.4. The first-order valence-electron chi connectivity index (χ1n) is 17.7. The Kier molecular flexibility index (Phi) is 6.67. The Labute approximate surface area is 298 Å². The van der Waals surface area contributed by atoms with Crippen molar-refractivity contribution in [3.63, 3.8) is 0 Å². The number of nitrogens with zero attached hydrogens (tertiary/aromatic N) is 1. The first-order chi connectivity index (χ1) is 25.0. The summed E-state index contributed by atoms with van der Waals surface area (Å²) < 4.78 is 6.41. The first-order valence-corrected chi connectivity index (χ1v) is 20.7. The Bertz CT molecular complexity index is 2780. The minimum absolute atomic E-state index is 0.941. The molecule has 10 rings (SSSR count). The lowest BCUT2D eigenvalue weighted by Crippen LogP contribution is -2.49. The van der Waals surface area contributed by atoms with Gasteiger partial charge in [0.1, 0.15) is 19.2 Å². The van der Waals surface area contributed by atoms with Gasteiger partial charge in [0.05, 0.1) is 0 Å². The number of para-hydroxylation sites is 1. The lowest BCUT2D eigenvalue weighted by atomic mass is 9.98. The molecule has 9 aromatic rings. The van der Waals surface area contributed by atoms with Crippen molar-refractivity contribution in [3.05, 3.63) is 176 Å². The van der Waals surface area contributed by atoms with Crippen molar-refractivity contribution in [1.82, 2.24) is 0 Å². The molecule has 0 saturated carbocycles. The third-order valence-corrected chi connectivity index (χ3v) is 14.4. The van der Waals surface area contributed by atoms with Gasteiger partial charge in [-0.15, -0.1) is 0 Å². The van der Waals surface area contributed by atoms with E-state index in [0.29, 0.717) is 0 Å². The molecule has 3 heteroatoms. The maximum Gasteiger partial charge on any atom is 0.136 e. The summed E-state index contributed by atoms with van der Waals surface area (Å²) in [7, 11) is -1.95. The lowest BCUT2D eigenvalue weighted by molar-refractivity contribution is 0.669. The maximum absolute atomic E-state index is 6.41. The van der Waals surface area contributed by atoms with E-state index < -0.39 is 8.07 Å². The van der Waals surface area contributed by atoms with Gasteiger partial charge in [-0.3, -0.25) is 0 Å². The van der Waals surface area contributed by atoms with E-state index in [4.69, 9.17) is 4.42 Å². The van der Waals surface area contributed by atoms with Gasteiger partial charge in [0.2, 0.25) is 0 Å². The summed E-state index contributed by atoms with van der Waals surface area (Å²) in [6.07, 6.45) is 0. The fraction of sp³-hybridized carbons (Fsp3) is 0.0417. The molecular formula is C48H35NOSi. The monoisotopic (exact) mass is 669 g/mol. The fourth-order valence-corrected chi connectivity index (χ4v) is 11.3. The number of rotatable bonds is 5. The van der Waals surface area contributed by atoms with E-state index in [-0.39, 0.29) is 0 Å². The van der Waals surface area contributed by atoms with Crippen LogP contribution in [0.15, 0.2) is 180 Å². The molecule has 8 aromatic carbocycles. The normalized spacial score (nSPS) is 13.1. The molecule has 0 fully saturated rings. The zero-order valence-electron chi connectivity index (χ0n) is 28.6. The second-order valence-electron chi connectivity index (χ2n) is 14.2. The van der Waals surface area contributed by atoms with Crippen LogP contribution in [0.3, 0.4) is 0 Å². The van der Waals surface area contributed by atoms with Crippen molar-refractivity contribution >= 4 is 68.2 Å². The summed E-state index contributed by atoms with van der Waals surface area (Å²) in [4.78, 5) is 2.41. The molecular weight excluding hydrogens is 635 g/mol. The highest BCUT2D eigenvalue weighted by Crippen LogP contribution is 2.43. The highest BCUT2D eigenvalue weighted by Gasteiger charge is 2.39. The fourth-order valence-electron chi connectivity index (χ4n) is 8.26. The molecule has 0 spiro atoms. The van der Waals surface area contributed by atoms with Crippen molar-refractivity contribution in [2.24, 2.45) is 0 Å². The Hall–Kier alpha value is -6.16. The van der Waals surface area contributed by atoms with Crippen LogP contribution >= 0.6 is 0 Å². The third-order valence-electron chi connectivity index (χ3n) is 10.8. The van der Waals surface area contributed by atoms with Gasteiger partial charge < -0.3 is 9.32 Å². The average molecular weight is 670 g/mol. The number of anilines is 3. The molecule has 0 radical (unpaired) electrons. The van der Waals surface area contributed by atoms with E-state index in [2.05, 4.69) is 194 Å². The molecule has 242 valence electrons. The van der Waals surface area contributed by atoms with E-state index in [1.807, 2.05) is 0 Å². The number of furan rings is 1. The Morgan fingerprint density at radius 2 is 1.08 bits per heavy atom.